The zero-order valence-electron chi connectivity index (χ0n) is 11.0. The van der Waals surface area contributed by atoms with Gasteiger partial charge in [0.25, 0.3) is 0 Å². The number of nitriles is 1. The number of halogens is 1. The second-order valence-electron chi connectivity index (χ2n) is 5.17. The van der Waals surface area contributed by atoms with E-state index < -0.39 is 0 Å². The summed E-state index contributed by atoms with van der Waals surface area (Å²) < 4.78 is 0.933. The fourth-order valence-electron chi connectivity index (χ4n) is 2.47. The van der Waals surface area contributed by atoms with E-state index in [9.17, 15) is 5.26 Å². The van der Waals surface area contributed by atoms with Gasteiger partial charge in [0.2, 0.25) is 0 Å². The molecule has 0 aromatic heterocycles. The molecule has 0 spiro atoms. The summed E-state index contributed by atoms with van der Waals surface area (Å²) in [5.74, 6) is 0.674. The molecule has 0 saturated heterocycles. The molecule has 0 radical (unpaired) electrons. The fraction of sp³-hybridized carbons (Fsp3) is 0.235. The topological polar surface area (TPSA) is 35.8 Å². The van der Waals surface area contributed by atoms with Gasteiger partial charge in [0.1, 0.15) is 6.07 Å². The van der Waals surface area contributed by atoms with Gasteiger partial charge >= 0.3 is 0 Å². The first-order valence-electron chi connectivity index (χ1n) is 6.79. The molecule has 1 fully saturated rings. The second-order valence-corrected chi connectivity index (χ2v) is 6.09. The predicted molar refractivity (Wildman–Crippen MR) is 84.4 cm³/mol. The molecule has 3 rings (SSSR count). The summed E-state index contributed by atoms with van der Waals surface area (Å²) in [4.78, 5) is 0. The molecule has 0 amide bonds. The normalized spacial score (nSPS) is 15.4. The van der Waals surface area contributed by atoms with Gasteiger partial charge in [0.05, 0.1) is 17.3 Å². The van der Waals surface area contributed by atoms with E-state index in [1.54, 1.807) is 0 Å². The maximum absolute atomic E-state index is 9.27. The van der Waals surface area contributed by atoms with Crippen LogP contribution in [0.1, 0.15) is 30.0 Å². The molecule has 1 aliphatic rings. The average Bonchev–Trinajstić information content (AvgIpc) is 3.31. The molecule has 20 heavy (non-hydrogen) atoms. The number of hydrogen-bond donors (Lipinski definition) is 1. The van der Waals surface area contributed by atoms with Gasteiger partial charge < -0.3 is 5.32 Å². The van der Waals surface area contributed by atoms with Crippen molar-refractivity contribution >= 4 is 21.6 Å². The Hall–Kier alpha value is -1.79. The van der Waals surface area contributed by atoms with E-state index in [1.165, 1.54) is 18.4 Å². The summed E-state index contributed by atoms with van der Waals surface area (Å²) in [7, 11) is 0. The lowest BCUT2D eigenvalue weighted by Crippen LogP contribution is -2.13. The number of hydrogen-bond acceptors (Lipinski definition) is 2. The highest BCUT2D eigenvalue weighted by Gasteiger charge is 2.32. The van der Waals surface area contributed by atoms with Crippen molar-refractivity contribution in [1.82, 2.24) is 0 Å². The van der Waals surface area contributed by atoms with Crippen molar-refractivity contribution in [2.75, 3.05) is 5.32 Å². The first kappa shape index (κ1) is 13.2. The van der Waals surface area contributed by atoms with Crippen LogP contribution < -0.4 is 5.32 Å². The Morgan fingerprint density at radius 1 is 1.15 bits per heavy atom. The second kappa shape index (κ2) is 5.68. The zero-order valence-corrected chi connectivity index (χ0v) is 12.6. The fourth-order valence-corrected chi connectivity index (χ4v) is 2.83. The van der Waals surface area contributed by atoms with E-state index in [4.69, 9.17) is 0 Å². The first-order chi connectivity index (χ1) is 9.78. The Morgan fingerprint density at radius 3 is 2.55 bits per heavy atom. The number of nitrogens with one attached hydrogen (secondary N) is 1. The van der Waals surface area contributed by atoms with Gasteiger partial charge in [-0.3, -0.25) is 0 Å². The highest BCUT2D eigenvalue weighted by molar-refractivity contribution is 9.10. The van der Waals surface area contributed by atoms with Gasteiger partial charge in [-0.1, -0.05) is 46.3 Å². The van der Waals surface area contributed by atoms with E-state index in [1.807, 2.05) is 24.3 Å². The van der Waals surface area contributed by atoms with Crippen LogP contribution in [0.4, 0.5) is 5.69 Å². The van der Waals surface area contributed by atoms with Gasteiger partial charge in [-0.2, -0.15) is 5.26 Å². The van der Waals surface area contributed by atoms with Crippen LogP contribution in [0.25, 0.3) is 0 Å². The van der Waals surface area contributed by atoms with Crippen molar-refractivity contribution in [1.29, 1.82) is 5.26 Å². The molecule has 2 aromatic carbocycles. The van der Waals surface area contributed by atoms with E-state index >= 15 is 0 Å². The van der Waals surface area contributed by atoms with E-state index in [0.717, 1.165) is 10.2 Å². The average molecular weight is 327 g/mol. The van der Waals surface area contributed by atoms with Gasteiger partial charge in [-0.05, 0) is 42.5 Å². The molecule has 0 bridgehead atoms. The largest absolute Gasteiger partial charge is 0.377 e. The van der Waals surface area contributed by atoms with Crippen LogP contribution in [-0.2, 0) is 0 Å². The number of anilines is 1. The highest BCUT2D eigenvalue weighted by atomic mass is 79.9. The minimum Gasteiger partial charge on any atom is -0.377 e. The third-order valence-corrected chi connectivity index (χ3v) is 4.16. The Kier molecular flexibility index (Phi) is 3.75. The Balaban J connectivity index is 1.90. The standard InChI is InChI=1S/C17H15BrN2/c18-15-8-9-16(14(10-15)11-19)20-17(13-6-7-13)12-4-2-1-3-5-12/h1-5,8-10,13,17,20H,6-7H2. The molecule has 1 atom stereocenters. The molecule has 1 aliphatic carbocycles. The molecule has 1 saturated carbocycles. The number of benzene rings is 2. The lowest BCUT2D eigenvalue weighted by Gasteiger charge is -2.21. The molecule has 2 nitrogen and oxygen atoms in total. The van der Waals surface area contributed by atoms with Crippen LogP contribution in [0.5, 0.6) is 0 Å². The van der Waals surface area contributed by atoms with Crippen LogP contribution in [0.15, 0.2) is 53.0 Å². The van der Waals surface area contributed by atoms with Gasteiger partial charge in [0, 0.05) is 4.47 Å². The quantitative estimate of drug-likeness (QED) is 0.868. The SMILES string of the molecule is N#Cc1cc(Br)ccc1NC(c1ccccc1)C1CC1. The predicted octanol–water partition coefficient (Wildman–Crippen LogP) is 4.88. The minimum absolute atomic E-state index is 0.296. The summed E-state index contributed by atoms with van der Waals surface area (Å²) >= 11 is 3.41. The third-order valence-electron chi connectivity index (χ3n) is 3.67. The van der Waals surface area contributed by atoms with Crippen LogP contribution in [0.3, 0.4) is 0 Å². The Bertz CT molecular complexity index is 642. The minimum atomic E-state index is 0.296. The smallest absolute Gasteiger partial charge is 0.101 e. The molecule has 1 N–H and O–H groups in total. The van der Waals surface area contributed by atoms with Crippen LogP contribution >= 0.6 is 15.9 Å². The van der Waals surface area contributed by atoms with Crippen molar-refractivity contribution in [2.45, 2.75) is 18.9 Å². The molecule has 0 aliphatic heterocycles. The summed E-state index contributed by atoms with van der Waals surface area (Å²) in [6, 6.07) is 18.8. The maximum atomic E-state index is 9.27. The van der Waals surface area contributed by atoms with E-state index in [2.05, 4.69) is 51.6 Å². The van der Waals surface area contributed by atoms with Gasteiger partial charge in [-0.25, -0.2) is 0 Å². The van der Waals surface area contributed by atoms with Crippen LogP contribution in [-0.4, -0.2) is 0 Å². The maximum Gasteiger partial charge on any atom is 0.101 e. The van der Waals surface area contributed by atoms with Gasteiger partial charge in [-0.15, -0.1) is 0 Å². The third kappa shape index (κ3) is 2.86. The Morgan fingerprint density at radius 2 is 1.90 bits per heavy atom. The van der Waals surface area contributed by atoms with Crippen molar-refractivity contribution in [2.24, 2.45) is 5.92 Å². The Labute approximate surface area is 127 Å². The lowest BCUT2D eigenvalue weighted by molar-refractivity contribution is 0.679. The molecule has 3 heteroatoms. The molecule has 1 unspecified atom stereocenters. The summed E-state index contributed by atoms with van der Waals surface area (Å²) in [6.07, 6.45) is 2.51. The number of nitrogens with zero attached hydrogens (tertiary/aromatic N) is 1. The monoisotopic (exact) mass is 326 g/mol. The highest BCUT2D eigenvalue weighted by Crippen LogP contribution is 2.43. The van der Waals surface area contributed by atoms with Crippen molar-refractivity contribution in [3.63, 3.8) is 0 Å². The van der Waals surface area contributed by atoms with Gasteiger partial charge in [0.15, 0.2) is 0 Å². The van der Waals surface area contributed by atoms with Crippen molar-refractivity contribution in [3.8, 4) is 6.07 Å². The van der Waals surface area contributed by atoms with E-state index in [0.29, 0.717) is 17.5 Å². The summed E-state index contributed by atoms with van der Waals surface area (Å²) in [5, 5.41) is 12.8. The molecule has 100 valence electrons. The van der Waals surface area contributed by atoms with Crippen LogP contribution in [0.2, 0.25) is 0 Å². The molecule has 2 aromatic rings. The van der Waals surface area contributed by atoms with Crippen molar-refractivity contribution in [3.05, 3.63) is 64.1 Å². The van der Waals surface area contributed by atoms with Crippen molar-refractivity contribution < 1.29 is 0 Å². The zero-order chi connectivity index (χ0) is 13.9. The van der Waals surface area contributed by atoms with Crippen LogP contribution in [0, 0.1) is 17.2 Å². The number of rotatable bonds is 4. The summed E-state index contributed by atoms with van der Waals surface area (Å²) in [5.41, 5.74) is 2.89. The van der Waals surface area contributed by atoms with E-state index in [-0.39, 0.29) is 0 Å². The molecular formula is C17H15BrN2. The summed E-state index contributed by atoms with van der Waals surface area (Å²) in [6.45, 7) is 0. The first-order valence-corrected chi connectivity index (χ1v) is 7.58. The molecule has 0 heterocycles. The lowest BCUT2D eigenvalue weighted by atomic mass is 10.0. The molecular weight excluding hydrogens is 312 g/mol.